The number of hydrazine groups is 1. The molecule has 0 spiro atoms. The number of ether oxygens (including phenoxy) is 3. The van der Waals surface area contributed by atoms with Gasteiger partial charge in [-0.25, -0.2) is 19.9 Å². The van der Waals surface area contributed by atoms with E-state index in [0.29, 0.717) is 34.9 Å². The van der Waals surface area contributed by atoms with E-state index in [4.69, 9.17) is 23.1 Å². The van der Waals surface area contributed by atoms with Gasteiger partial charge in [0.05, 0.1) is 24.4 Å². The standard InChI is InChI=1S/C49H75N5O10Si2/c1-18-23-61-47(58)43(55)42(29(2)3)50-44(56)34(11)51-52-36-21-19-35(20-22-36)28-62-48(59)54-38-26-41(63-66(30(4)5,31(6)7)32(8)9)40(60-15)25-37(38)45(57)53-27-33(10)24-39(53)46(54)64-65(16,17)49(12,13)14/h18-22,25-27,29-32,34,39,42,46,51-52H,1,23-24,28H2,2-17H3,(H,50,56). The summed E-state index contributed by atoms with van der Waals surface area (Å²) in [5.41, 5.74) is 9.48. The third-order valence-electron chi connectivity index (χ3n) is 13.2. The van der Waals surface area contributed by atoms with Gasteiger partial charge in [-0.1, -0.05) is 107 Å². The van der Waals surface area contributed by atoms with Crippen LogP contribution in [0.25, 0.3) is 0 Å². The highest BCUT2D eigenvalue weighted by Crippen LogP contribution is 2.49. The molecule has 17 heteroatoms. The molecule has 0 bridgehead atoms. The number of esters is 1. The first-order valence-electron chi connectivity index (χ1n) is 23.0. The summed E-state index contributed by atoms with van der Waals surface area (Å²) in [4.78, 5) is 70.9. The summed E-state index contributed by atoms with van der Waals surface area (Å²) in [6, 6.07) is 8.13. The normalized spacial score (nSPS) is 17.5. The minimum absolute atomic E-state index is 0.104. The third-order valence-corrected chi connectivity index (χ3v) is 23.6. The zero-order valence-electron chi connectivity index (χ0n) is 42.0. The summed E-state index contributed by atoms with van der Waals surface area (Å²) < 4.78 is 31.5. The number of amides is 3. The van der Waals surface area contributed by atoms with Gasteiger partial charge < -0.3 is 38.7 Å². The van der Waals surface area contributed by atoms with E-state index in [2.05, 4.69) is 98.2 Å². The molecule has 4 atom stereocenters. The molecule has 4 unspecified atom stereocenters. The fraction of sp³-hybridized carbons (Fsp3) is 0.571. The molecule has 15 nitrogen and oxygen atoms in total. The number of Topliss-reactive ketones (excluding diaryl/α,β-unsaturated/α-hetero) is 1. The van der Waals surface area contributed by atoms with Gasteiger partial charge in [0.15, 0.2) is 20.3 Å². The highest BCUT2D eigenvalue weighted by Gasteiger charge is 2.52. The van der Waals surface area contributed by atoms with Crippen molar-refractivity contribution >= 4 is 57.7 Å². The number of benzene rings is 2. The molecular weight excluding hydrogens is 875 g/mol. The minimum Gasteiger partial charge on any atom is -0.540 e. The topological polar surface area (TPSA) is 174 Å². The zero-order chi connectivity index (χ0) is 49.6. The Balaban J connectivity index is 1.67. The Kier molecular flexibility index (Phi) is 17.7. The Morgan fingerprint density at radius 1 is 0.909 bits per heavy atom. The maximum Gasteiger partial charge on any atom is 0.416 e. The lowest BCUT2D eigenvalue weighted by Gasteiger charge is -2.44. The molecule has 2 aromatic carbocycles. The van der Waals surface area contributed by atoms with Crippen molar-refractivity contribution in [2.24, 2.45) is 5.92 Å². The molecular formula is C49H75N5O10Si2. The number of fused-ring (bicyclic) bond motifs is 2. The summed E-state index contributed by atoms with van der Waals surface area (Å²) in [7, 11) is -3.62. The van der Waals surface area contributed by atoms with Crippen molar-refractivity contribution in [3.05, 3.63) is 72.0 Å². The smallest absolute Gasteiger partial charge is 0.416 e. The molecule has 0 radical (unpaired) electrons. The van der Waals surface area contributed by atoms with Crippen LogP contribution in [0, 0.1) is 5.92 Å². The van der Waals surface area contributed by atoms with Gasteiger partial charge in [-0.15, -0.1) is 0 Å². The monoisotopic (exact) mass is 950 g/mol. The molecule has 2 aromatic rings. The first-order chi connectivity index (χ1) is 30.7. The first kappa shape index (κ1) is 53.6. The molecule has 0 aromatic heterocycles. The Labute approximate surface area is 394 Å². The average Bonchev–Trinajstić information content (AvgIpc) is 3.61. The summed E-state index contributed by atoms with van der Waals surface area (Å²) in [5.74, 6) is -2.18. The molecule has 2 aliphatic rings. The van der Waals surface area contributed by atoms with E-state index in [9.17, 15) is 24.0 Å². The van der Waals surface area contributed by atoms with Gasteiger partial charge in [0, 0.05) is 18.0 Å². The van der Waals surface area contributed by atoms with Crippen LogP contribution in [0.1, 0.15) is 112 Å². The number of ketones is 1. The maximum absolute atomic E-state index is 15.0. The van der Waals surface area contributed by atoms with Crippen molar-refractivity contribution in [2.75, 3.05) is 24.0 Å². The van der Waals surface area contributed by atoms with Crippen LogP contribution in [-0.4, -0.2) is 89.3 Å². The van der Waals surface area contributed by atoms with Gasteiger partial charge >= 0.3 is 12.1 Å². The van der Waals surface area contributed by atoms with Gasteiger partial charge in [0.1, 0.15) is 31.0 Å². The molecule has 0 saturated carbocycles. The Morgan fingerprint density at radius 3 is 2.05 bits per heavy atom. The lowest BCUT2D eigenvalue weighted by atomic mass is 9.99. The number of anilines is 2. The Hall–Kier alpha value is -4.98. The maximum atomic E-state index is 15.0. The lowest BCUT2D eigenvalue weighted by Crippen LogP contribution is -2.57. The van der Waals surface area contributed by atoms with E-state index in [1.54, 1.807) is 69.2 Å². The SMILES string of the molecule is C=CCOC(=O)C(=O)C(NC(=O)C(C)NNc1ccc(COC(=O)N2c3cc(O[Si](C(C)C)(C(C)C)C(C)C)c(OC)cc3C(=O)N3C=C(C)CC3C2O[Si](C)(C)C(C)(C)C)cc1)C(C)C. The molecule has 0 saturated heterocycles. The van der Waals surface area contributed by atoms with Crippen LogP contribution in [0.15, 0.2) is 60.8 Å². The summed E-state index contributed by atoms with van der Waals surface area (Å²) in [6.07, 6.45) is 2.11. The van der Waals surface area contributed by atoms with E-state index in [1.807, 2.05) is 13.1 Å². The molecule has 2 heterocycles. The van der Waals surface area contributed by atoms with Crippen LogP contribution in [-0.2, 0) is 34.9 Å². The van der Waals surface area contributed by atoms with Crippen LogP contribution in [0.2, 0.25) is 34.8 Å². The molecule has 364 valence electrons. The second-order valence-corrected chi connectivity index (χ2v) is 30.4. The van der Waals surface area contributed by atoms with Gasteiger partial charge in [-0.05, 0) is 84.7 Å². The second-order valence-electron chi connectivity index (χ2n) is 20.3. The van der Waals surface area contributed by atoms with E-state index >= 15 is 0 Å². The van der Waals surface area contributed by atoms with Crippen molar-refractivity contribution in [3.63, 3.8) is 0 Å². The fourth-order valence-corrected chi connectivity index (χ4v) is 15.0. The molecule has 2 aliphatic heterocycles. The number of carbonyl (C=O) groups is 5. The van der Waals surface area contributed by atoms with Gasteiger partial charge in [0.25, 0.3) is 20.0 Å². The van der Waals surface area contributed by atoms with Crippen molar-refractivity contribution in [3.8, 4) is 11.5 Å². The van der Waals surface area contributed by atoms with E-state index < -0.39 is 64.7 Å². The number of nitrogens with one attached hydrogen (secondary N) is 3. The van der Waals surface area contributed by atoms with Gasteiger partial charge in [0.2, 0.25) is 5.91 Å². The van der Waals surface area contributed by atoms with Crippen molar-refractivity contribution < 1.29 is 47.0 Å². The molecule has 0 fully saturated rings. The highest BCUT2D eigenvalue weighted by molar-refractivity contribution is 6.78. The second kappa shape index (κ2) is 21.8. The van der Waals surface area contributed by atoms with E-state index in [0.717, 1.165) is 5.57 Å². The Bertz CT molecular complexity index is 2110. The molecule has 66 heavy (non-hydrogen) atoms. The summed E-state index contributed by atoms with van der Waals surface area (Å²) >= 11 is 0. The number of nitrogens with zero attached hydrogens (tertiary/aromatic N) is 2. The van der Waals surface area contributed by atoms with Crippen LogP contribution >= 0.6 is 0 Å². The zero-order valence-corrected chi connectivity index (χ0v) is 44.0. The number of methoxy groups -OCH3 is 1. The molecule has 3 amide bonds. The van der Waals surface area contributed by atoms with E-state index in [-0.39, 0.29) is 52.3 Å². The van der Waals surface area contributed by atoms with Crippen LogP contribution in [0.3, 0.4) is 0 Å². The van der Waals surface area contributed by atoms with E-state index in [1.165, 1.54) is 11.0 Å². The van der Waals surface area contributed by atoms with Crippen LogP contribution < -0.4 is 30.2 Å². The summed E-state index contributed by atoms with van der Waals surface area (Å²) in [5, 5.41) is 2.41. The highest BCUT2D eigenvalue weighted by atomic mass is 28.4. The number of carbonyl (C=O) groups excluding carboxylic acids is 5. The molecule has 0 aliphatic carbocycles. The van der Waals surface area contributed by atoms with Crippen molar-refractivity contribution in [1.82, 2.24) is 15.6 Å². The lowest BCUT2D eigenvalue weighted by molar-refractivity contribution is -0.154. The minimum atomic E-state index is -2.62. The van der Waals surface area contributed by atoms with Gasteiger partial charge in [-0.3, -0.25) is 14.4 Å². The largest absolute Gasteiger partial charge is 0.540 e. The summed E-state index contributed by atoms with van der Waals surface area (Å²) in [6.45, 7) is 34.1. The Morgan fingerprint density at radius 2 is 1.52 bits per heavy atom. The third kappa shape index (κ3) is 11.8. The number of rotatable bonds is 20. The van der Waals surface area contributed by atoms with Crippen LogP contribution in [0.5, 0.6) is 11.5 Å². The fourth-order valence-electron chi connectivity index (χ4n) is 8.53. The number of hydrogen-bond donors (Lipinski definition) is 3. The molecule has 4 rings (SSSR count). The molecule has 3 N–H and O–H groups in total. The van der Waals surface area contributed by atoms with Crippen LogP contribution in [0.4, 0.5) is 16.2 Å². The quantitative estimate of drug-likeness (QED) is 0.0378. The average molecular weight is 950 g/mol. The van der Waals surface area contributed by atoms with Crippen molar-refractivity contribution in [1.29, 1.82) is 0 Å². The first-order valence-corrected chi connectivity index (χ1v) is 28.0. The predicted molar refractivity (Wildman–Crippen MR) is 263 cm³/mol. The van der Waals surface area contributed by atoms with Gasteiger partial charge in [-0.2, -0.15) is 0 Å². The van der Waals surface area contributed by atoms with Crippen molar-refractivity contribution in [2.45, 2.75) is 162 Å². The number of hydrogen-bond acceptors (Lipinski definition) is 12. The predicted octanol–water partition coefficient (Wildman–Crippen LogP) is 9.62.